The lowest BCUT2D eigenvalue weighted by Gasteiger charge is -2.11. The van der Waals surface area contributed by atoms with Gasteiger partial charge in [0.2, 0.25) is 5.88 Å². The van der Waals surface area contributed by atoms with Gasteiger partial charge in [-0.1, -0.05) is 0 Å². The molecule has 1 rings (SSSR count). The number of methoxy groups -OCH3 is 1. The molecule has 0 amide bonds. The highest BCUT2D eigenvalue weighted by Gasteiger charge is 2.49. The summed E-state index contributed by atoms with van der Waals surface area (Å²) in [5, 5.41) is 0. The lowest BCUT2D eigenvalue weighted by molar-refractivity contribution is -0.0501. The number of halogens is 3. The predicted molar refractivity (Wildman–Crippen MR) is 55.9 cm³/mol. The molecule has 0 atom stereocenters. The van der Waals surface area contributed by atoms with Crippen LogP contribution in [-0.4, -0.2) is 32.0 Å². The van der Waals surface area contributed by atoms with Crippen LogP contribution in [0.1, 0.15) is 16.1 Å². The largest absolute Gasteiger partial charge is 0.534 e. The van der Waals surface area contributed by atoms with Gasteiger partial charge in [-0.05, 0) is 19.1 Å². The maximum atomic E-state index is 12.2. The Bertz CT molecular complexity index is 596. The molecule has 106 valence electrons. The van der Waals surface area contributed by atoms with Crippen LogP contribution in [0.15, 0.2) is 12.1 Å². The van der Waals surface area contributed by atoms with E-state index in [-0.39, 0.29) is 5.69 Å². The summed E-state index contributed by atoms with van der Waals surface area (Å²) in [6.45, 7) is 1.38. The third-order valence-corrected chi connectivity index (χ3v) is 2.82. The fourth-order valence-electron chi connectivity index (χ4n) is 1.01. The van der Waals surface area contributed by atoms with Gasteiger partial charge in [0.05, 0.1) is 7.11 Å². The Morgan fingerprint density at radius 1 is 1.32 bits per heavy atom. The smallest absolute Gasteiger partial charge is 0.465 e. The molecule has 0 aliphatic carbocycles. The van der Waals surface area contributed by atoms with Crippen LogP contribution >= 0.6 is 0 Å². The summed E-state index contributed by atoms with van der Waals surface area (Å²) in [6.07, 6.45) is 0. The first-order chi connectivity index (χ1) is 8.58. The van der Waals surface area contributed by atoms with Crippen LogP contribution in [0.25, 0.3) is 0 Å². The molecule has 0 unspecified atom stereocenters. The molecule has 0 saturated heterocycles. The van der Waals surface area contributed by atoms with Crippen LogP contribution in [0.5, 0.6) is 5.88 Å². The van der Waals surface area contributed by atoms with Gasteiger partial charge >= 0.3 is 21.6 Å². The molecule has 1 aromatic heterocycles. The summed E-state index contributed by atoms with van der Waals surface area (Å²) in [6, 6.07) is 2.34. The molecule has 10 heteroatoms. The van der Waals surface area contributed by atoms with Gasteiger partial charge in [-0.2, -0.15) is 21.6 Å². The number of ether oxygens (including phenoxy) is 1. The van der Waals surface area contributed by atoms with E-state index >= 15 is 0 Å². The third kappa shape index (κ3) is 3.34. The van der Waals surface area contributed by atoms with E-state index in [0.29, 0.717) is 0 Å². The molecular formula is C9H8F3NO5S. The van der Waals surface area contributed by atoms with Crippen molar-refractivity contribution in [3.8, 4) is 5.88 Å². The highest BCUT2D eigenvalue weighted by molar-refractivity contribution is 7.87. The maximum absolute atomic E-state index is 12.2. The number of aromatic nitrogens is 1. The summed E-state index contributed by atoms with van der Waals surface area (Å²) in [5.41, 5.74) is -5.98. The van der Waals surface area contributed by atoms with Crippen molar-refractivity contribution in [3.05, 3.63) is 23.4 Å². The van der Waals surface area contributed by atoms with Crippen molar-refractivity contribution >= 4 is 16.1 Å². The van der Waals surface area contributed by atoms with Gasteiger partial charge in [0.25, 0.3) is 0 Å². The molecule has 1 aromatic rings. The number of aryl methyl sites for hydroxylation is 1. The molecule has 1 heterocycles. The number of carbonyl (C=O) groups is 1. The van der Waals surface area contributed by atoms with E-state index in [9.17, 15) is 26.4 Å². The molecule has 6 nitrogen and oxygen atoms in total. The van der Waals surface area contributed by atoms with Crippen molar-refractivity contribution in [1.82, 2.24) is 4.98 Å². The molecule has 0 N–H and O–H groups in total. The minimum absolute atomic E-state index is 0.167. The number of alkyl halides is 3. The average Bonchev–Trinajstić information content (AvgIpc) is 2.26. The minimum Gasteiger partial charge on any atom is -0.465 e. The zero-order valence-electron chi connectivity index (χ0n) is 9.69. The number of esters is 1. The molecule has 0 saturated carbocycles. The Kier molecular flexibility index (Phi) is 4.03. The zero-order chi connectivity index (χ0) is 14.8. The second-order valence-corrected chi connectivity index (χ2v) is 4.82. The second-order valence-electron chi connectivity index (χ2n) is 3.28. The Balaban J connectivity index is 3.28. The Morgan fingerprint density at radius 2 is 1.89 bits per heavy atom. The van der Waals surface area contributed by atoms with Crippen LogP contribution in [0.4, 0.5) is 13.2 Å². The topological polar surface area (TPSA) is 82.6 Å². The first-order valence-electron chi connectivity index (χ1n) is 4.65. The fraction of sp³-hybridized carbons (Fsp3) is 0.333. The maximum Gasteiger partial charge on any atom is 0.534 e. The van der Waals surface area contributed by atoms with E-state index < -0.39 is 33.0 Å². The zero-order valence-corrected chi connectivity index (χ0v) is 10.5. The normalized spacial score (nSPS) is 12.1. The second kappa shape index (κ2) is 5.03. The van der Waals surface area contributed by atoms with Gasteiger partial charge in [-0.15, -0.1) is 0 Å². The lowest BCUT2D eigenvalue weighted by Crippen LogP contribution is -2.29. The average molecular weight is 299 g/mol. The van der Waals surface area contributed by atoms with Crippen molar-refractivity contribution in [1.29, 1.82) is 0 Å². The van der Waals surface area contributed by atoms with Gasteiger partial charge in [0, 0.05) is 5.69 Å². The number of rotatable bonds is 3. The van der Waals surface area contributed by atoms with Crippen LogP contribution in [-0.2, 0) is 14.9 Å². The first kappa shape index (κ1) is 15.2. The number of hydrogen-bond acceptors (Lipinski definition) is 6. The first-order valence-corrected chi connectivity index (χ1v) is 6.06. The Hall–Kier alpha value is -1.84. The van der Waals surface area contributed by atoms with Crippen LogP contribution < -0.4 is 4.18 Å². The van der Waals surface area contributed by atoms with Gasteiger partial charge < -0.3 is 8.92 Å². The molecule has 0 spiro atoms. The monoisotopic (exact) mass is 299 g/mol. The Labute approximate surface area is 106 Å². The lowest BCUT2D eigenvalue weighted by atomic mass is 10.2. The summed E-state index contributed by atoms with van der Waals surface area (Å²) in [5.74, 6) is -2.05. The summed E-state index contributed by atoms with van der Waals surface area (Å²) < 4.78 is 66.4. The third-order valence-electron chi connectivity index (χ3n) is 1.88. The molecular weight excluding hydrogens is 291 g/mol. The van der Waals surface area contributed by atoms with E-state index in [0.717, 1.165) is 13.2 Å². The van der Waals surface area contributed by atoms with Crippen molar-refractivity contribution in [2.24, 2.45) is 0 Å². The molecule has 0 bridgehead atoms. The highest BCUT2D eigenvalue weighted by Crippen LogP contribution is 2.28. The standard InChI is InChI=1S/C9H8F3NO5S/c1-5-3-4-6(8(14)17-2)7(13-5)18-19(15,16)9(10,11)12/h3-4H,1-2H3. The fourth-order valence-corrected chi connectivity index (χ4v) is 1.44. The molecule has 0 aromatic carbocycles. The van der Waals surface area contributed by atoms with Gasteiger partial charge in [-0.25, -0.2) is 9.78 Å². The van der Waals surface area contributed by atoms with E-state index in [2.05, 4.69) is 13.9 Å². The molecule has 0 aliphatic heterocycles. The van der Waals surface area contributed by atoms with E-state index in [4.69, 9.17) is 0 Å². The van der Waals surface area contributed by atoms with E-state index in [1.165, 1.54) is 13.0 Å². The van der Waals surface area contributed by atoms with Crippen LogP contribution in [0, 0.1) is 6.92 Å². The quantitative estimate of drug-likeness (QED) is 0.477. The highest BCUT2D eigenvalue weighted by atomic mass is 32.2. The van der Waals surface area contributed by atoms with Crippen molar-refractivity contribution in [2.75, 3.05) is 7.11 Å². The van der Waals surface area contributed by atoms with Crippen LogP contribution in [0.2, 0.25) is 0 Å². The van der Waals surface area contributed by atoms with Gasteiger partial charge in [0.1, 0.15) is 5.56 Å². The van der Waals surface area contributed by atoms with E-state index in [1.807, 2.05) is 0 Å². The predicted octanol–water partition coefficient (Wildman–Crippen LogP) is 1.41. The molecule has 0 fully saturated rings. The van der Waals surface area contributed by atoms with Crippen molar-refractivity contribution in [3.63, 3.8) is 0 Å². The number of pyridine rings is 1. The van der Waals surface area contributed by atoms with E-state index in [1.54, 1.807) is 0 Å². The number of nitrogens with zero attached hydrogens (tertiary/aromatic N) is 1. The van der Waals surface area contributed by atoms with Crippen LogP contribution in [0.3, 0.4) is 0 Å². The van der Waals surface area contributed by atoms with Gasteiger partial charge in [-0.3, -0.25) is 0 Å². The SMILES string of the molecule is COC(=O)c1ccc(C)nc1OS(=O)(=O)C(F)(F)F. The Morgan fingerprint density at radius 3 is 2.37 bits per heavy atom. The van der Waals surface area contributed by atoms with Gasteiger partial charge in [0.15, 0.2) is 0 Å². The summed E-state index contributed by atoms with van der Waals surface area (Å²) >= 11 is 0. The summed E-state index contributed by atoms with van der Waals surface area (Å²) in [4.78, 5) is 14.7. The number of hydrogen-bond donors (Lipinski definition) is 0. The van der Waals surface area contributed by atoms with Crippen molar-refractivity contribution in [2.45, 2.75) is 12.4 Å². The summed E-state index contributed by atoms with van der Waals surface area (Å²) in [7, 11) is -4.93. The number of carbonyl (C=O) groups excluding carboxylic acids is 1. The molecule has 0 radical (unpaired) electrons. The minimum atomic E-state index is -5.90. The molecule has 19 heavy (non-hydrogen) atoms. The molecule has 0 aliphatic rings. The van der Waals surface area contributed by atoms with Crippen molar-refractivity contribution < 1.29 is 35.3 Å².